The fourth-order valence-corrected chi connectivity index (χ4v) is 2.61. The molecule has 1 aromatic heterocycles. The Balaban J connectivity index is 0.00000288. The zero-order valence-electron chi connectivity index (χ0n) is 12.6. The van der Waals surface area contributed by atoms with Crippen LogP contribution in [0.25, 0.3) is 11.3 Å². The molecule has 127 valence electrons. The van der Waals surface area contributed by atoms with Gasteiger partial charge in [0.15, 0.2) is 0 Å². The van der Waals surface area contributed by atoms with E-state index in [-0.39, 0.29) is 48.4 Å². The Bertz CT molecular complexity index is 759. The maximum atomic E-state index is 12.8. The summed E-state index contributed by atoms with van der Waals surface area (Å²) in [7, 11) is 0. The largest absolute Gasteiger partial charge is 0.483 e. The first-order valence-corrected chi connectivity index (χ1v) is 8.60. The van der Waals surface area contributed by atoms with Gasteiger partial charge in [-0.15, -0.1) is 17.8 Å². The molecule has 0 saturated heterocycles. The zero-order chi connectivity index (χ0) is 17.0. The van der Waals surface area contributed by atoms with Gasteiger partial charge in [0.1, 0.15) is 11.7 Å². The van der Waals surface area contributed by atoms with Crippen LogP contribution in [0.15, 0.2) is 29.1 Å². The van der Waals surface area contributed by atoms with E-state index in [1.807, 2.05) is 6.26 Å². The van der Waals surface area contributed by atoms with Crippen LogP contribution in [0, 0.1) is 6.07 Å². The Hall–Kier alpha value is -0.136. The minimum atomic E-state index is -2.71. The van der Waals surface area contributed by atoms with Gasteiger partial charge in [0.2, 0.25) is 5.56 Å². The Morgan fingerprint density at radius 2 is 2.04 bits per heavy atom. The van der Waals surface area contributed by atoms with Crippen LogP contribution in [0.3, 0.4) is 0 Å². The van der Waals surface area contributed by atoms with Gasteiger partial charge in [-0.25, -0.2) is 8.78 Å². The van der Waals surface area contributed by atoms with E-state index in [1.165, 1.54) is 17.8 Å². The van der Waals surface area contributed by atoms with Crippen molar-refractivity contribution in [2.75, 3.05) is 12.2 Å². The van der Waals surface area contributed by atoms with Crippen molar-refractivity contribution in [3.05, 3.63) is 50.7 Å². The molecule has 1 aromatic carbocycles. The second-order valence-corrected chi connectivity index (χ2v) is 6.11. The van der Waals surface area contributed by atoms with Crippen molar-refractivity contribution in [2.24, 2.45) is 0 Å². The molecule has 0 amide bonds. The molecule has 3 nitrogen and oxygen atoms in total. The van der Waals surface area contributed by atoms with Gasteiger partial charge < -0.3 is 9.30 Å². The molecule has 0 aliphatic heterocycles. The van der Waals surface area contributed by atoms with Crippen LogP contribution >= 0.6 is 35.0 Å². The molecule has 0 aliphatic rings. The average Bonchev–Trinajstić information content (AvgIpc) is 2.50. The van der Waals surface area contributed by atoms with E-state index in [4.69, 9.17) is 27.9 Å². The van der Waals surface area contributed by atoms with E-state index in [0.717, 1.165) is 4.57 Å². The number of thioether (sulfide) groups is 1. The summed E-state index contributed by atoms with van der Waals surface area (Å²) >= 11 is 13.4. The zero-order valence-corrected chi connectivity index (χ0v) is 17.7. The monoisotopic (exact) mass is 467 g/mol. The molecule has 1 heterocycles. The summed E-state index contributed by atoms with van der Waals surface area (Å²) in [5.74, 6) is 1.00. The van der Waals surface area contributed by atoms with Gasteiger partial charge in [0.05, 0.1) is 6.54 Å². The van der Waals surface area contributed by atoms with E-state index in [0.29, 0.717) is 17.3 Å². The summed E-state index contributed by atoms with van der Waals surface area (Å²) in [5.41, 5.74) is -0.154. The van der Waals surface area contributed by atoms with Gasteiger partial charge in [-0.05, 0) is 23.4 Å². The number of alkyl halides is 2. The number of aromatic nitrogens is 1. The molecule has 0 fully saturated rings. The molecule has 2 aromatic rings. The number of rotatable bonds is 6. The van der Waals surface area contributed by atoms with E-state index in [1.54, 1.807) is 18.2 Å². The van der Waals surface area contributed by atoms with Gasteiger partial charge >= 0.3 is 0 Å². The third kappa shape index (κ3) is 5.43. The van der Waals surface area contributed by atoms with Crippen LogP contribution in [0.1, 0.15) is 0 Å². The van der Waals surface area contributed by atoms with Crippen molar-refractivity contribution in [3.8, 4) is 17.0 Å². The first-order valence-electron chi connectivity index (χ1n) is 6.45. The van der Waals surface area contributed by atoms with Crippen LogP contribution in [0.4, 0.5) is 8.78 Å². The molecular weight excluding hydrogens is 456 g/mol. The molecule has 9 heteroatoms. The molecule has 24 heavy (non-hydrogen) atoms. The molecule has 0 N–H and O–H groups in total. The van der Waals surface area contributed by atoms with Gasteiger partial charge in [0.25, 0.3) is 6.43 Å². The van der Waals surface area contributed by atoms with Crippen molar-refractivity contribution in [2.45, 2.75) is 13.0 Å². The first kappa shape index (κ1) is 21.9. The number of hydrogen-bond donors (Lipinski definition) is 0. The smallest absolute Gasteiger partial charge is 0.256 e. The van der Waals surface area contributed by atoms with Gasteiger partial charge in [-0.1, -0.05) is 22.9 Å². The maximum Gasteiger partial charge on any atom is 0.256 e. The number of hydrogen-bond acceptors (Lipinski definition) is 3. The summed E-state index contributed by atoms with van der Waals surface area (Å²) < 4.78 is 31.8. The number of ether oxygens (including phenoxy) is 1. The van der Waals surface area contributed by atoms with Gasteiger partial charge in [-0.3, -0.25) is 4.79 Å². The molecule has 2 rings (SSSR count). The summed E-state index contributed by atoms with van der Waals surface area (Å²) in [6, 6.07) is 8.79. The molecule has 0 bridgehead atoms. The summed E-state index contributed by atoms with van der Waals surface area (Å²) in [6.45, 7) is -0.785. The quantitative estimate of drug-likeness (QED) is 0.460. The Morgan fingerprint density at radius 1 is 1.33 bits per heavy atom. The van der Waals surface area contributed by atoms with Crippen LogP contribution in [-0.2, 0) is 39.3 Å². The summed E-state index contributed by atoms with van der Waals surface area (Å²) in [6.07, 6.45) is -0.817. The van der Waals surface area contributed by atoms with Crippen LogP contribution in [0.2, 0.25) is 10.0 Å². The molecule has 1 radical (unpaired) electrons. The minimum absolute atomic E-state index is 0. The van der Waals surface area contributed by atoms with E-state index in [2.05, 4.69) is 6.07 Å². The van der Waals surface area contributed by atoms with Crippen molar-refractivity contribution in [3.63, 3.8) is 0 Å². The van der Waals surface area contributed by atoms with Gasteiger partial charge in [-0.2, -0.15) is 23.7 Å². The average molecular weight is 468 g/mol. The molecule has 0 aliphatic carbocycles. The molecule has 0 spiro atoms. The van der Waals surface area contributed by atoms with Crippen molar-refractivity contribution in [1.82, 2.24) is 4.57 Å². The topological polar surface area (TPSA) is 31.2 Å². The number of pyridine rings is 1. The summed E-state index contributed by atoms with van der Waals surface area (Å²) in [4.78, 5) is 12.0. The molecule has 0 saturated carbocycles. The van der Waals surface area contributed by atoms with Crippen molar-refractivity contribution >= 4 is 35.0 Å². The third-order valence-corrected chi connectivity index (χ3v) is 3.85. The maximum absolute atomic E-state index is 12.8. The van der Waals surface area contributed by atoms with E-state index >= 15 is 0 Å². The second-order valence-electron chi connectivity index (χ2n) is 4.48. The van der Waals surface area contributed by atoms with Crippen molar-refractivity contribution < 1.29 is 46.2 Å². The van der Waals surface area contributed by atoms with E-state index < -0.39 is 18.5 Å². The van der Waals surface area contributed by atoms with Crippen LogP contribution in [-0.4, -0.2) is 23.2 Å². The van der Waals surface area contributed by atoms with Crippen LogP contribution in [0.5, 0.6) is 5.75 Å². The van der Waals surface area contributed by atoms with Gasteiger partial charge in [0, 0.05) is 37.7 Å². The second kappa shape index (κ2) is 10.1. The standard InChI is InChI=1S/C15H12Cl2F2NO2S.Y/c1-23-8-22-9-2-3-10(12(17)6-9)13-5-4-11(16)15(21)20(13)7-14(18)19;/h2-4,6,14H,7-8H2,1H3;/q-1;. The fraction of sp³-hybridized carbons (Fsp3) is 0.267. The Labute approximate surface area is 177 Å². The predicted molar refractivity (Wildman–Crippen MR) is 90.0 cm³/mol. The molecule has 0 atom stereocenters. The fourth-order valence-electron chi connectivity index (χ4n) is 1.94. The molecule has 0 unspecified atom stereocenters. The third-order valence-electron chi connectivity index (χ3n) is 2.91. The van der Waals surface area contributed by atoms with E-state index in [9.17, 15) is 13.6 Å². The Kier molecular flexibility index (Phi) is 9.24. The normalized spacial score (nSPS) is 10.6. The number of halogens is 4. The predicted octanol–water partition coefficient (Wildman–Crippen LogP) is 4.58. The summed E-state index contributed by atoms with van der Waals surface area (Å²) in [5, 5.41) is 0.0926. The Morgan fingerprint density at radius 3 is 2.62 bits per heavy atom. The van der Waals surface area contributed by atoms with Crippen LogP contribution < -0.4 is 10.3 Å². The van der Waals surface area contributed by atoms with Crippen molar-refractivity contribution in [1.29, 1.82) is 0 Å². The number of nitrogens with zero attached hydrogens (tertiary/aromatic N) is 1. The molecular formula is C15H12Cl2F2NO2SY-. The SMILES string of the molecule is CSCOc1ccc(-c2[c-]cc(Cl)c(=O)n2CC(F)F)c(Cl)c1.[Y]. The number of benzene rings is 1. The first-order chi connectivity index (χ1) is 10.9. The minimum Gasteiger partial charge on any atom is -0.483 e.